The maximum Gasteiger partial charge on any atom is 0.273 e. The predicted molar refractivity (Wildman–Crippen MR) is 82.2 cm³/mol. The molecule has 1 fully saturated rings. The third-order valence-electron chi connectivity index (χ3n) is 3.51. The molecule has 1 aliphatic rings. The van der Waals surface area contributed by atoms with Crippen LogP contribution >= 0.6 is 22.7 Å². The van der Waals surface area contributed by atoms with Crippen molar-refractivity contribution in [1.82, 2.24) is 9.88 Å². The molecule has 4 nitrogen and oxygen atoms in total. The molecule has 6 heteroatoms. The minimum Gasteiger partial charge on any atom is -0.330 e. The smallest absolute Gasteiger partial charge is 0.273 e. The molecule has 0 saturated carbocycles. The van der Waals surface area contributed by atoms with Gasteiger partial charge in [0.2, 0.25) is 0 Å². The number of hydrogen-bond acceptors (Lipinski definition) is 5. The third kappa shape index (κ3) is 2.63. The number of carbonyl (C=O) groups is 1. The fraction of sp³-hybridized carbons (Fsp3) is 0.429. The van der Waals surface area contributed by atoms with Gasteiger partial charge in [-0.15, -0.1) is 22.7 Å². The Morgan fingerprint density at radius 3 is 3.15 bits per heavy atom. The van der Waals surface area contributed by atoms with Crippen molar-refractivity contribution in [3.63, 3.8) is 0 Å². The molecule has 1 aliphatic heterocycles. The van der Waals surface area contributed by atoms with Crippen molar-refractivity contribution in [3.8, 4) is 0 Å². The van der Waals surface area contributed by atoms with Crippen LogP contribution in [0, 0.1) is 0 Å². The molecule has 2 aromatic heterocycles. The number of thiophene rings is 1. The first-order valence-corrected chi connectivity index (χ1v) is 8.54. The maximum atomic E-state index is 12.6. The highest BCUT2D eigenvalue weighted by Gasteiger charge is 2.32. The monoisotopic (exact) mass is 307 g/mol. The summed E-state index contributed by atoms with van der Waals surface area (Å²) in [5.41, 5.74) is 6.10. The third-order valence-corrected chi connectivity index (χ3v) is 5.40. The molecule has 1 unspecified atom stereocenters. The lowest BCUT2D eigenvalue weighted by Gasteiger charge is -2.22. The summed E-state index contributed by atoms with van der Waals surface area (Å²) in [6.45, 7) is 1.40. The molecule has 3 heterocycles. The van der Waals surface area contributed by atoms with Gasteiger partial charge in [-0.3, -0.25) is 4.79 Å². The van der Waals surface area contributed by atoms with Gasteiger partial charge in [0.25, 0.3) is 5.91 Å². The minimum atomic E-state index is 0.0559. The van der Waals surface area contributed by atoms with E-state index < -0.39 is 0 Å². The van der Waals surface area contributed by atoms with Gasteiger partial charge in [0.05, 0.1) is 11.0 Å². The van der Waals surface area contributed by atoms with E-state index in [1.54, 1.807) is 11.3 Å². The number of nitrogens with zero attached hydrogens (tertiary/aromatic N) is 2. The lowest BCUT2D eigenvalue weighted by Crippen LogP contribution is -2.30. The molecule has 0 aliphatic carbocycles. The van der Waals surface area contributed by atoms with E-state index in [0.717, 1.165) is 30.8 Å². The zero-order valence-electron chi connectivity index (χ0n) is 11.1. The SMILES string of the molecule is NCCc1nc(C(=O)N2CCCC2c2cccs2)cs1. The molecular formula is C14H17N3OS2. The Labute approximate surface area is 126 Å². The van der Waals surface area contributed by atoms with E-state index in [-0.39, 0.29) is 11.9 Å². The molecule has 2 aromatic rings. The molecule has 0 radical (unpaired) electrons. The van der Waals surface area contributed by atoms with Crippen LogP contribution in [0.5, 0.6) is 0 Å². The number of amides is 1. The molecule has 0 aromatic carbocycles. The van der Waals surface area contributed by atoms with E-state index >= 15 is 0 Å². The van der Waals surface area contributed by atoms with Gasteiger partial charge in [-0.2, -0.15) is 0 Å². The highest BCUT2D eigenvalue weighted by molar-refractivity contribution is 7.10. The quantitative estimate of drug-likeness (QED) is 0.944. The van der Waals surface area contributed by atoms with E-state index in [1.807, 2.05) is 16.3 Å². The number of hydrogen-bond donors (Lipinski definition) is 1. The van der Waals surface area contributed by atoms with Crippen LogP contribution in [0.1, 0.15) is 39.3 Å². The molecule has 2 N–H and O–H groups in total. The average molecular weight is 307 g/mol. The zero-order valence-corrected chi connectivity index (χ0v) is 12.8. The minimum absolute atomic E-state index is 0.0559. The van der Waals surface area contributed by atoms with Gasteiger partial charge in [0.15, 0.2) is 0 Å². The summed E-state index contributed by atoms with van der Waals surface area (Å²) in [4.78, 5) is 20.3. The molecule has 0 bridgehead atoms. The molecule has 1 atom stereocenters. The van der Waals surface area contributed by atoms with Crippen LogP contribution in [-0.2, 0) is 6.42 Å². The van der Waals surface area contributed by atoms with Crippen LogP contribution in [0.4, 0.5) is 0 Å². The fourth-order valence-electron chi connectivity index (χ4n) is 2.58. The van der Waals surface area contributed by atoms with Crippen LogP contribution in [0.2, 0.25) is 0 Å². The van der Waals surface area contributed by atoms with E-state index in [0.29, 0.717) is 12.2 Å². The van der Waals surface area contributed by atoms with Crippen LogP contribution in [0.15, 0.2) is 22.9 Å². The first-order chi connectivity index (χ1) is 9.79. The van der Waals surface area contributed by atoms with Gasteiger partial charge < -0.3 is 10.6 Å². The van der Waals surface area contributed by atoms with Gasteiger partial charge in [0.1, 0.15) is 5.69 Å². The van der Waals surface area contributed by atoms with Crippen molar-refractivity contribution in [2.24, 2.45) is 5.73 Å². The molecule has 1 amide bonds. The largest absolute Gasteiger partial charge is 0.330 e. The second-order valence-electron chi connectivity index (χ2n) is 4.84. The number of likely N-dealkylation sites (tertiary alicyclic amines) is 1. The number of rotatable bonds is 4. The summed E-state index contributed by atoms with van der Waals surface area (Å²) in [7, 11) is 0. The number of thiazole rings is 1. The summed E-state index contributed by atoms with van der Waals surface area (Å²) in [6.07, 6.45) is 2.85. The van der Waals surface area contributed by atoms with Crippen LogP contribution < -0.4 is 5.73 Å². The van der Waals surface area contributed by atoms with Gasteiger partial charge >= 0.3 is 0 Å². The highest BCUT2D eigenvalue weighted by atomic mass is 32.1. The maximum absolute atomic E-state index is 12.6. The normalized spacial score (nSPS) is 18.6. The van der Waals surface area contributed by atoms with Gasteiger partial charge in [-0.25, -0.2) is 4.98 Å². The Bertz CT molecular complexity index is 579. The molecule has 3 rings (SSSR count). The van der Waals surface area contributed by atoms with Crippen molar-refractivity contribution in [1.29, 1.82) is 0 Å². The van der Waals surface area contributed by atoms with E-state index in [1.165, 1.54) is 16.2 Å². The first kappa shape index (κ1) is 13.7. The highest BCUT2D eigenvalue weighted by Crippen LogP contribution is 2.35. The Hall–Kier alpha value is -1.24. The van der Waals surface area contributed by atoms with Crippen molar-refractivity contribution >= 4 is 28.6 Å². The Balaban J connectivity index is 1.78. The van der Waals surface area contributed by atoms with E-state index in [2.05, 4.69) is 16.4 Å². The van der Waals surface area contributed by atoms with Crippen molar-refractivity contribution in [2.45, 2.75) is 25.3 Å². The van der Waals surface area contributed by atoms with Gasteiger partial charge in [-0.05, 0) is 30.8 Å². The number of aromatic nitrogens is 1. The summed E-state index contributed by atoms with van der Waals surface area (Å²) in [5.74, 6) is 0.0559. The van der Waals surface area contributed by atoms with Gasteiger partial charge in [0, 0.05) is 23.2 Å². The Morgan fingerprint density at radius 1 is 1.50 bits per heavy atom. The average Bonchev–Trinajstić information content (AvgIpc) is 3.19. The van der Waals surface area contributed by atoms with Crippen molar-refractivity contribution in [3.05, 3.63) is 38.5 Å². The van der Waals surface area contributed by atoms with E-state index in [4.69, 9.17) is 5.73 Å². The second kappa shape index (κ2) is 6.03. The summed E-state index contributed by atoms with van der Waals surface area (Å²) in [6, 6.07) is 4.38. The number of carbonyl (C=O) groups excluding carboxylic acids is 1. The Kier molecular flexibility index (Phi) is 4.14. The lowest BCUT2D eigenvalue weighted by molar-refractivity contribution is 0.0732. The Morgan fingerprint density at radius 2 is 2.40 bits per heavy atom. The molecule has 20 heavy (non-hydrogen) atoms. The lowest BCUT2D eigenvalue weighted by atomic mass is 10.2. The van der Waals surface area contributed by atoms with Gasteiger partial charge in [-0.1, -0.05) is 6.07 Å². The molecular weight excluding hydrogens is 290 g/mol. The standard InChI is InChI=1S/C14H17N3OS2/c15-6-5-13-16-10(9-20-13)14(18)17-7-1-3-11(17)12-4-2-8-19-12/h2,4,8-9,11H,1,3,5-7,15H2. The molecule has 106 valence electrons. The van der Waals surface area contributed by atoms with E-state index in [9.17, 15) is 4.79 Å². The topological polar surface area (TPSA) is 59.2 Å². The van der Waals surface area contributed by atoms with Crippen LogP contribution in [-0.4, -0.2) is 28.9 Å². The summed E-state index contributed by atoms with van der Waals surface area (Å²) >= 11 is 3.25. The summed E-state index contributed by atoms with van der Waals surface area (Å²) in [5, 5.41) is 4.87. The summed E-state index contributed by atoms with van der Waals surface area (Å²) < 4.78 is 0. The fourth-order valence-corrected chi connectivity index (χ4v) is 4.24. The molecule has 0 spiro atoms. The van der Waals surface area contributed by atoms with Crippen LogP contribution in [0.3, 0.4) is 0 Å². The van der Waals surface area contributed by atoms with Crippen LogP contribution in [0.25, 0.3) is 0 Å². The van der Waals surface area contributed by atoms with Crippen molar-refractivity contribution in [2.75, 3.05) is 13.1 Å². The zero-order chi connectivity index (χ0) is 13.9. The predicted octanol–water partition coefficient (Wildman–Crippen LogP) is 2.68. The van der Waals surface area contributed by atoms with Crippen molar-refractivity contribution < 1.29 is 4.79 Å². The first-order valence-electron chi connectivity index (χ1n) is 6.78. The molecule has 1 saturated heterocycles. The second-order valence-corrected chi connectivity index (χ2v) is 6.76. The number of nitrogens with two attached hydrogens (primary N) is 1.